The predicted molar refractivity (Wildman–Crippen MR) is 28.5 cm³/mol. The quantitative estimate of drug-likeness (QED) is 0.408. The van der Waals surface area contributed by atoms with Gasteiger partial charge in [-0.3, -0.25) is 0 Å². The van der Waals surface area contributed by atoms with Crippen molar-refractivity contribution in [2.24, 2.45) is 0 Å². The maximum atomic E-state index is 8.56. The Bertz CT molecular complexity index is 73.7. The molecule has 0 spiro atoms. The molecule has 4 N–H and O–H groups in total. The van der Waals surface area contributed by atoms with E-state index in [0.29, 0.717) is 0 Å². The van der Waals surface area contributed by atoms with Crippen LogP contribution in [0.4, 0.5) is 9.59 Å². The van der Waals surface area contributed by atoms with E-state index in [9.17, 15) is 0 Å². The summed E-state index contributed by atoms with van der Waals surface area (Å²) >= 11 is 0. The van der Waals surface area contributed by atoms with Crippen LogP contribution in [0, 0.1) is 0 Å². The Hall–Kier alpha value is 0.0335. The maximum absolute atomic E-state index is 8.56. The molecule has 0 atom stereocenters. The second-order valence-corrected chi connectivity index (χ2v) is 0.565. The summed E-state index contributed by atoms with van der Waals surface area (Å²) in [7, 11) is 0. The molecule has 10 heavy (non-hydrogen) atoms. The van der Waals surface area contributed by atoms with Crippen LogP contribution in [0.25, 0.3) is 0 Å². The molecule has 6 nitrogen and oxygen atoms in total. The first-order valence-electron chi connectivity index (χ1n) is 1.30. The van der Waals surface area contributed by atoms with Crippen LogP contribution in [0.3, 0.4) is 0 Å². The second kappa shape index (κ2) is 16.0. The molecule has 0 bridgehead atoms. The van der Waals surface area contributed by atoms with Gasteiger partial charge in [0.2, 0.25) is 0 Å². The molecule has 0 saturated carbocycles. The zero-order valence-corrected chi connectivity index (χ0v) is 4.91. The topological polar surface area (TPSA) is 115 Å². The van der Waals surface area contributed by atoms with Gasteiger partial charge >= 0.3 is 41.9 Å². The molecular weight excluding hydrogens is 202 g/mol. The number of carbonyl (C=O) groups is 2. The molecule has 0 saturated heterocycles. The number of carboxylic acid groups (broad SMARTS) is 4. The van der Waals surface area contributed by atoms with E-state index in [0.717, 1.165) is 0 Å². The average molecular weight is 207 g/mol. The van der Waals surface area contributed by atoms with Crippen molar-refractivity contribution in [2.75, 3.05) is 0 Å². The second-order valence-electron chi connectivity index (χ2n) is 0.565. The largest absolute Gasteiger partial charge is 0 e. The Morgan fingerprint density at radius 1 is 0.800 bits per heavy atom. The van der Waals surface area contributed by atoms with E-state index < -0.39 is 12.3 Å². The summed E-state index contributed by atoms with van der Waals surface area (Å²) in [6, 6.07) is 0. The van der Waals surface area contributed by atoms with Crippen molar-refractivity contribution in [1.29, 1.82) is 0 Å². The first kappa shape index (κ1) is 22.5. The van der Waals surface area contributed by atoms with E-state index in [4.69, 9.17) is 30.0 Å². The van der Waals surface area contributed by atoms with Crippen LogP contribution >= 0.6 is 0 Å². The van der Waals surface area contributed by atoms with Gasteiger partial charge in [0.15, 0.2) is 0 Å². The molecule has 0 aromatic rings. The summed E-state index contributed by atoms with van der Waals surface area (Å²) in [6.45, 7) is 0. The summed E-state index contributed by atoms with van der Waals surface area (Å²) in [5.74, 6) is 0. The Balaban J connectivity index is -0.0000000300. The Kier molecular flexibility index (Phi) is 36.0. The van der Waals surface area contributed by atoms with Crippen molar-refractivity contribution >= 4 is 41.9 Å². The van der Waals surface area contributed by atoms with Crippen LogP contribution in [0.5, 0.6) is 0 Å². The third-order valence-electron chi connectivity index (χ3n) is 0. The summed E-state index contributed by atoms with van der Waals surface area (Å²) in [6.07, 6.45) is -3.67. The molecule has 0 aromatic carbocycles. The van der Waals surface area contributed by atoms with E-state index in [1.807, 2.05) is 0 Å². The van der Waals surface area contributed by atoms with Crippen molar-refractivity contribution < 1.29 is 46.5 Å². The minimum Gasteiger partial charge on any atom is 0 e. The smallest absolute Gasteiger partial charge is 0 e. The normalized spacial score (nSPS) is 4.80. The van der Waals surface area contributed by atoms with Crippen LogP contribution in [0.15, 0.2) is 0 Å². The van der Waals surface area contributed by atoms with Crippen LogP contribution in [-0.4, -0.2) is 62.3 Å². The van der Waals surface area contributed by atoms with Gasteiger partial charge < -0.3 is 20.4 Å². The first-order valence-corrected chi connectivity index (χ1v) is 1.30. The molecular formula is C2H5NaNiO6. The zero-order valence-electron chi connectivity index (χ0n) is 3.92. The number of rotatable bonds is 0. The average Bonchev–Trinajstić information content (AvgIpc) is 1.25. The van der Waals surface area contributed by atoms with Crippen LogP contribution < -0.4 is 0 Å². The van der Waals surface area contributed by atoms with Gasteiger partial charge in [0, 0.05) is 16.5 Å². The summed E-state index contributed by atoms with van der Waals surface area (Å²) in [5, 5.41) is 27.9. The molecule has 8 heteroatoms. The van der Waals surface area contributed by atoms with Crippen LogP contribution in [-0.2, 0) is 16.5 Å². The van der Waals surface area contributed by atoms with Gasteiger partial charge in [-0.15, -0.1) is 0 Å². The number of hydrogen-bond acceptors (Lipinski definition) is 2. The minimum atomic E-state index is -1.83. The van der Waals surface area contributed by atoms with Gasteiger partial charge in [-0.05, 0) is 0 Å². The fourth-order valence-corrected chi connectivity index (χ4v) is 0. The first-order chi connectivity index (χ1) is 3.46. The van der Waals surface area contributed by atoms with Gasteiger partial charge in [0.1, 0.15) is 0 Å². The van der Waals surface area contributed by atoms with Crippen molar-refractivity contribution in [3.63, 3.8) is 0 Å². The summed E-state index contributed by atoms with van der Waals surface area (Å²) in [4.78, 5) is 17.1. The maximum Gasteiger partial charge on any atom is 0 e. The van der Waals surface area contributed by atoms with Gasteiger partial charge in [-0.2, -0.15) is 0 Å². The zero-order chi connectivity index (χ0) is 7.15. The number of hydrogen-bond donors (Lipinski definition) is 4. The summed E-state index contributed by atoms with van der Waals surface area (Å²) < 4.78 is 0. The fraction of sp³-hybridized carbons (Fsp3) is 0. The molecule has 0 rings (SSSR count). The van der Waals surface area contributed by atoms with Crippen molar-refractivity contribution in [3.8, 4) is 0 Å². The van der Waals surface area contributed by atoms with E-state index in [1.165, 1.54) is 0 Å². The van der Waals surface area contributed by atoms with Crippen molar-refractivity contribution in [3.05, 3.63) is 0 Å². The standard InChI is InChI=1S/2CH2O3.Na.Ni.H/c2*2-1(3)4;;;/h2*(H2,2,3,4);;;. The van der Waals surface area contributed by atoms with Crippen LogP contribution in [0.2, 0.25) is 0 Å². The minimum absolute atomic E-state index is 0. The monoisotopic (exact) mass is 206 g/mol. The molecule has 0 aromatic heterocycles. The van der Waals surface area contributed by atoms with Gasteiger partial charge in [-0.25, -0.2) is 9.59 Å². The van der Waals surface area contributed by atoms with Gasteiger partial charge in [-0.1, -0.05) is 0 Å². The molecule has 0 fully saturated rings. The Morgan fingerprint density at radius 3 is 0.800 bits per heavy atom. The third-order valence-corrected chi connectivity index (χ3v) is 0. The molecule has 0 heterocycles. The summed E-state index contributed by atoms with van der Waals surface area (Å²) in [5.41, 5.74) is 0. The van der Waals surface area contributed by atoms with E-state index >= 15 is 0 Å². The molecule has 60 valence electrons. The fourth-order valence-electron chi connectivity index (χ4n) is 0. The van der Waals surface area contributed by atoms with E-state index in [2.05, 4.69) is 0 Å². The molecule has 0 radical (unpaired) electrons. The van der Waals surface area contributed by atoms with Gasteiger partial charge in [0.25, 0.3) is 0 Å². The third kappa shape index (κ3) is 354000. The van der Waals surface area contributed by atoms with Crippen molar-refractivity contribution in [2.45, 2.75) is 0 Å². The van der Waals surface area contributed by atoms with E-state index in [1.54, 1.807) is 0 Å². The molecule has 0 aliphatic heterocycles. The van der Waals surface area contributed by atoms with Crippen molar-refractivity contribution in [1.82, 2.24) is 0 Å². The predicted octanol–water partition coefficient (Wildman–Crippen LogP) is -0.206. The van der Waals surface area contributed by atoms with Crippen LogP contribution in [0.1, 0.15) is 0 Å². The van der Waals surface area contributed by atoms with Gasteiger partial charge in [0.05, 0.1) is 0 Å². The SMILES string of the molecule is O=C(O)O.O=C(O)O.[NaH].[Ni]. The Labute approximate surface area is 88.1 Å². The molecule has 0 amide bonds. The molecule has 0 aliphatic rings. The molecule has 0 aliphatic carbocycles. The molecule has 0 unspecified atom stereocenters. The Morgan fingerprint density at radius 2 is 0.800 bits per heavy atom. The van der Waals surface area contributed by atoms with E-state index in [-0.39, 0.29) is 46.0 Å².